The Morgan fingerprint density at radius 1 is 1.33 bits per heavy atom. The zero-order chi connectivity index (χ0) is 15.0. The number of nitrogens with zero attached hydrogens (tertiary/aromatic N) is 1. The Balaban J connectivity index is 2.13. The molecule has 1 aromatic carbocycles. The molecule has 1 saturated carbocycles. The van der Waals surface area contributed by atoms with Gasteiger partial charge in [0.1, 0.15) is 5.82 Å². The van der Waals surface area contributed by atoms with Crippen molar-refractivity contribution in [1.82, 2.24) is 9.97 Å². The predicted molar refractivity (Wildman–Crippen MR) is 96.7 cm³/mol. The fourth-order valence-corrected chi connectivity index (χ4v) is 4.26. The van der Waals surface area contributed by atoms with Gasteiger partial charge >= 0.3 is 0 Å². The normalized spacial score (nSPS) is 15.6. The van der Waals surface area contributed by atoms with E-state index in [-0.39, 0.29) is 5.56 Å². The maximum absolute atomic E-state index is 12.3. The average Bonchev–Trinajstić information content (AvgIpc) is 2.96. The molecule has 0 saturated heterocycles. The molecule has 2 aromatic rings. The van der Waals surface area contributed by atoms with Gasteiger partial charge in [-0.25, -0.2) is 4.98 Å². The fourth-order valence-electron chi connectivity index (χ4n) is 2.89. The maximum Gasteiger partial charge on any atom is 0.264 e. The van der Waals surface area contributed by atoms with Crippen LogP contribution in [0.15, 0.2) is 27.5 Å². The van der Waals surface area contributed by atoms with Crippen molar-refractivity contribution in [3.8, 4) is 11.4 Å². The molecule has 0 radical (unpaired) electrons. The Morgan fingerprint density at radius 3 is 2.71 bits per heavy atom. The molecule has 1 aliphatic rings. The minimum absolute atomic E-state index is 0.0324. The molecule has 5 heteroatoms. The summed E-state index contributed by atoms with van der Waals surface area (Å²) >= 11 is 5.70. The standard InChI is InChI=1S/C16H16BrIN2O/c1-9-6-7-11(12(17)8-9)15-19-14(10-4-2-3-5-10)13(18)16(21)20-15/h6-8,10H,2-5H2,1H3,(H,19,20,21). The SMILES string of the molecule is Cc1ccc(-c2nc(C3CCCC3)c(I)c(=O)[nH]2)c(Br)c1. The maximum atomic E-state index is 12.3. The van der Waals surface area contributed by atoms with E-state index in [9.17, 15) is 4.79 Å². The smallest absolute Gasteiger partial charge is 0.264 e. The van der Waals surface area contributed by atoms with Crippen molar-refractivity contribution in [2.75, 3.05) is 0 Å². The number of aromatic nitrogens is 2. The summed E-state index contributed by atoms with van der Waals surface area (Å²) in [6, 6.07) is 6.08. The van der Waals surface area contributed by atoms with E-state index in [4.69, 9.17) is 4.98 Å². The van der Waals surface area contributed by atoms with Crippen LogP contribution in [-0.2, 0) is 0 Å². The van der Waals surface area contributed by atoms with E-state index in [1.165, 1.54) is 18.4 Å². The monoisotopic (exact) mass is 458 g/mol. The van der Waals surface area contributed by atoms with Gasteiger partial charge in [-0.05, 0) is 60.1 Å². The van der Waals surface area contributed by atoms with E-state index in [2.05, 4.69) is 43.5 Å². The fraction of sp³-hybridized carbons (Fsp3) is 0.375. The van der Waals surface area contributed by atoms with Gasteiger partial charge in [0, 0.05) is 16.0 Å². The first kappa shape index (κ1) is 15.2. The van der Waals surface area contributed by atoms with E-state index < -0.39 is 0 Å². The van der Waals surface area contributed by atoms with Crippen molar-refractivity contribution in [3.05, 3.63) is 47.9 Å². The van der Waals surface area contributed by atoms with E-state index in [0.717, 1.165) is 32.1 Å². The summed E-state index contributed by atoms with van der Waals surface area (Å²) in [5.41, 5.74) is 3.05. The Labute approximate surface area is 145 Å². The van der Waals surface area contributed by atoms with Crippen molar-refractivity contribution in [2.45, 2.75) is 38.5 Å². The van der Waals surface area contributed by atoms with Crippen molar-refractivity contribution >= 4 is 38.5 Å². The van der Waals surface area contributed by atoms with Gasteiger partial charge in [0.2, 0.25) is 0 Å². The second kappa shape index (κ2) is 6.20. The molecule has 1 N–H and O–H groups in total. The molecular weight excluding hydrogens is 443 g/mol. The highest BCUT2D eigenvalue weighted by atomic mass is 127. The topological polar surface area (TPSA) is 45.8 Å². The quantitative estimate of drug-likeness (QED) is 0.659. The predicted octanol–water partition coefficient (Wildman–Crippen LogP) is 4.77. The van der Waals surface area contributed by atoms with Crippen LogP contribution < -0.4 is 5.56 Å². The summed E-state index contributed by atoms with van der Waals surface area (Å²) in [6.45, 7) is 2.04. The van der Waals surface area contributed by atoms with Crippen LogP contribution in [0, 0.1) is 10.5 Å². The lowest BCUT2D eigenvalue weighted by Crippen LogP contribution is -2.18. The van der Waals surface area contributed by atoms with Crippen LogP contribution in [0.4, 0.5) is 0 Å². The van der Waals surface area contributed by atoms with E-state index in [1.807, 2.05) is 25.1 Å². The molecule has 0 amide bonds. The molecular formula is C16H16BrIN2O. The molecule has 1 heterocycles. The largest absolute Gasteiger partial charge is 0.306 e. The summed E-state index contributed by atoms with van der Waals surface area (Å²) in [5.74, 6) is 1.09. The number of aryl methyl sites for hydroxylation is 1. The lowest BCUT2D eigenvalue weighted by atomic mass is 10.0. The van der Waals surface area contributed by atoms with Crippen LogP contribution in [0.2, 0.25) is 0 Å². The molecule has 1 aromatic heterocycles. The van der Waals surface area contributed by atoms with Gasteiger partial charge in [-0.3, -0.25) is 4.79 Å². The number of benzene rings is 1. The first-order valence-electron chi connectivity index (χ1n) is 7.12. The number of rotatable bonds is 2. The molecule has 0 aliphatic heterocycles. The molecule has 110 valence electrons. The van der Waals surface area contributed by atoms with Gasteiger partial charge < -0.3 is 4.98 Å². The van der Waals surface area contributed by atoms with Crippen LogP contribution in [0.3, 0.4) is 0 Å². The van der Waals surface area contributed by atoms with Gasteiger partial charge in [0.05, 0.1) is 9.26 Å². The van der Waals surface area contributed by atoms with E-state index >= 15 is 0 Å². The number of aromatic amines is 1. The highest BCUT2D eigenvalue weighted by Gasteiger charge is 2.23. The molecule has 0 bridgehead atoms. The second-order valence-electron chi connectivity index (χ2n) is 5.58. The number of hydrogen-bond acceptors (Lipinski definition) is 2. The van der Waals surface area contributed by atoms with E-state index in [1.54, 1.807) is 0 Å². The Kier molecular flexibility index (Phi) is 4.49. The van der Waals surface area contributed by atoms with Crippen LogP contribution in [-0.4, -0.2) is 9.97 Å². The first-order chi connectivity index (χ1) is 10.1. The van der Waals surface area contributed by atoms with Crippen LogP contribution >= 0.6 is 38.5 Å². The van der Waals surface area contributed by atoms with Crippen LogP contribution in [0.1, 0.15) is 42.9 Å². The number of halogens is 2. The zero-order valence-corrected chi connectivity index (χ0v) is 15.5. The van der Waals surface area contributed by atoms with Crippen LogP contribution in [0.25, 0.3) is 11.4 Å². The Morgan fingerprint density at radius 2 is 2.05 bits per heavy atom. The molecule has 3 nitrogen and oxygen atoms in total. The minimum Gasteiger partial charge on any atom is -0.306 e. The van der Waals surface area contributed by atoms with Crippen molar-refractivity contribution in [3.63, 3.8) is 0 Å². The van der Waals surface area contributed by atoms with E-state index in [0.29, 0.717) is 11.7 Å². The lowest BCUT2D eigenvalue weighted by Gasteiger charge is -2.13. The van der Waals surface area contributed by atoms with Crippen molar-refractivity contribution in [2.24, 2.45) is 0 Å². The van der Waals surface area contributed by atoms with Gasteiger partial charge in [-0.15, -0.1) is 0 Å². The first-order valence-corrected chi connectivity index (χ1v) is 8.99. The Bertz CT molecular complexity index is 736. The zero-order valence-electron chi connectivity index (χ0n) is 11.7. The molecule has 1 fully saturated rings. The molecule has 0 unspecified atom stereocenters. The number of hydrogen-bond donors (Lipinski definition) is 1. The van der Waals surface area contributed by atoms with Crippen LogP contribution in [0.5, 0.6) is 0 Å². The lowest BCUT2D eigenvalue weighted by molar-refractivity contribution is 0.687. The van der Waals surface area contributed by atoms with Gasteiger partial charge in [0.15, 0.2) is 0 Å². The third kappa shape index (κ3) is 3.08. The molecule has 21 heavy (non-hydrogen) atoms. The van der Waals surface area contributed by atoms with Gasteiger partial charge in [-0.2, -0.15) is 0 Å². The third-order valence-electron chi connectivity index (χ3n) is 4.01. The number of nitrogens with one attached hydrogen (secondary N) is 1. The molecule has 1 aliphatic carbocycles. The summed E-state index contributed by atoms with van der Waals surface area (Å²) in [5, 5.41) is 0. The summed E-state index contributed by atoms with van der Waals surface area (Å²) in [4.78, 5) is 19.9. The molecule has 0 atom stereocenters. The summed E-state index contributed by atoms with van der Waals surface area (Å²) < 4.78 is 1.70. The number of H-pyrrole nitrogens is 1. The Hall–Kier alpha value is -0.690. The van der Waals surface area contributed by atoms with Gasteiger partial charge in [-0.1, -0.05) is 34.8 Å². The van der Waals surface area contributed by atoms with Crippen molar-refractivity contribution < 1.29 is 0 Å². The third-order valence-corrected chi connectivity index (χ3v) is 5.71. The minimum atomic E-state index is -0.0324. The summed E-state index contributed by atoms with van der Waals surface area (Å²) in [6.07, 6.45) is 4.75. The molecule has 3 rings (SSSR count). The highest BCUT2D eigenvalue weighted by molar-refractivity contribution is 14.1. The van der Waals surface area contributed by atoms with Gasteiger partial charge in [0.25, 0.3) is 5.56 Å². The molecule has 0 spiro atoms. The van der Waals surface area contributed by atoms with Crippen molar-refractivity contribution in [1.29, 1.82) is 0 Å². The highest BCUT2D eigenvalue weighted by Crippen LogP contribution is 2.35. The second-order valence-corrected chi connectivity index (χ2v) is 7.51. The average molecular weight is 459 g/mol. The summed E-state index contributed by atoms with van der Waals surface area (Å²) in [7, 11) is 0.